The maximum atomic E-state index is 12.6. The Labute approximate surface area is 150 Å². The molecule has 5 nitrogen and oxygen atoms in total. The highest BCUT2D eigenvalue weighted by Gasteiger charge is 2.30. The Bertz CT molecular complexity index is 924. The summed E-state index contributed by atoms with van der Waals surface area (Å²) in [5.41, 5.74) is -3.42. The SMILES string of the molecule is Cc1noc(-c2ccc(C(=O)Nc3ccccc3SC(F)(F)F)cc2)n1. The first kappa shape index (κ1) is 18.0. The number of anilines is 1. The molecule has 134 valence electrons. The maximum Gasteiger partial charge on any atom is 0.446 e. The van der Waals surface area contributed by atoms with E-state index in [0.29, 0.717) is 17.3 Å². The fourth-order valence-electron chi connectivity index (χ4n) is 2.16. The molecule has 3 aromatic rings. The fourth-order valence-corrected chi connectivity index (χ4v) is 2.78. The summed E-state index contributed by atoms with van der Waals surface area (Å²) in [4.78, 5) is 16.3. The summed E-state index contributed by atoms with van der Waals surface area (Å²) in [6.45, 7) is 1.69. The number of benzene rings is 2. The zero-order valence-corrected chi connectivity index (χ0v) is 14.2. The summed E-state index contributed by atoms with van der Waals surface area (Å²) in [7, 11) is 0. The second-order valence-corrected chi connectivity index (χ2v) is 6.33. The van der Waals surface area contributed by atoms with Gasteiger partial charge in [0.1, 0.15) is 0 Å². The minimum Gasteiger partial charge on any atom is -0.334 e. The molecule has 3 rings (SSSR count). The molecule has 0 radical (unpaired) electrons. The average Bonchev–Trinajstić information content (AvgIpc) is 3.02. The predicted molar refractivity (Wildman–Crippen MR) is 90.8 cm³/mol. The minimum absolute atomic E-state index is 0.0775. The number of hydrogen-bond donors (Lipinski definition) is 1. The van der Waals surface area contributed by atoms with Crippen LogP contribution in [0.5, 0.6) is 0 Å². The molecule has 26 heavy (non-hydrogen) atoms. The summed E-state index contributed by atoms with van der Waals surface area (Å²) < 4.78 is 42.9. The van der Waals surface area contributed by atoms with Crippen molar-refractivity contribution in [2.45, 2.75) is 17.3 Å². The summed E-state index contributed by atoms with van der Waals surface area (Å²) in [5.74, 6) is 0.287. The van der Waals surface area contributed by atoms with Gasteiger partial charge in [-0.3, -0.25) is 4.79 Å². The monoisotopic (exact) mass is 379 g/mol. The third kappa shape index (κ3) is 4.42. The van der Waals surface area contributed by atoms with Crippen LogP contribution in [0.25, 0.3) is 11.5 Å². The Morgan fingerprint density at radius 3 is 2.42 bits per heavy atom. The van der Waals surface area contributed by atoms with E-state index < -0.39 is 11.4 Å². The smallest absolute Gasteiger partial charge is 0.334 e. The van der Waals surface area contributed by atoms with Crippen LogP contribution in [0.4, 0.5) is 18.9 Å². The first-order chi connectivity index (χ1) is 12.3. The van der Waals surface area contributed by atoms with E-state index in [1.807, 2.05) is 0 Å². The van der Waals surface area contributed by atoms with E-state index in [4.69, 9.17) is 4.52 Å². The number of carbonyl (C=O) groups is 1. The largest absolute Gasteiger partial charge is 0.446 e. The van der Waals surface area contributed by atoms with Gasteiger partial charge in [-0.05, 0) is 55.1 Å². The van der Waals surface area contributed by atoms with Gasteiger partial charge in [0, 0.05) is 16.0 Å². The van der Waals surface area contributed by atoms with Crippen LogP contribution in [0.15, 0.2) is 57.9 Å². The number of nitrogens with one attached hydrogen (secondary N) is 1. The molecule has 0 saturated heterocycles. The number of hydrogen-bond acceptors (Lipinski definition) is 5. The molecule has 2 aromatic carbocycles. The summed E-state index contributed by atoms with van der Waals surface area (Å²) in [6.07, 6.45) is 0. The maximum absolute atomic E-state index is 12.6. The molecule has 1 N–H and O–H groups in total. The molecule has 1 aromatic heterocycles. The van der Waals surface area contributed by atoms with Crippen molar-refractivity contribution in [1.29, 1.82) is 0 Å². The van der Waals surface area contributed by atoms with Crippen LogP contribution < -0.4 is 5.32 Å². The molecule has 0 bridgehead atoms. The van der Waals surface area contributed by atoms with Crippen molar-refractivity contribution in [3.05, 3.63) is 59.9 Å². The third-order valence-corrected chi connectivity index (χ3v) is 4.09. The molecule has 0 spiro atoms. The fraction of sp³-hybridized carbons (Fsp3) is 0.118. The van der Waals surface area contributed by atoms with E-state index in [0.717, 1.165) is 0 Å². The van der Waals surface area contributed by atoms with Gasteiger partial charge in [0.2, 0.25) is 0 Å². The molecule has 0 saturated carbocycles. The van der Waals surface area contributed by atoms with Gasteiger partial charge in [0.15, 0.2) is 5.82 Å². The lowest BCUT2D eigenvalue weighted by Crippen LogP contribution is -2.13. The number of carbonyl (C=O) groups excluding carboxylic acids is 1. The number of aryl methyl sites for hydroxylation is 1. The van der Waals surface area contributed by atoms with Crippen molar-refractivity contribution < 1.29 is 22.5 Å². The molecule has 0 aliphatic rings. The quantitative estimate of drug-likeness (QED) is 0.653. The van der Waals surface area contributed by atoms with Crippen LogP contribution >= 0.6 is 11.8 Å². The van der Waals surface area contributed by atoms with Gasteiger partial charge in [-0.15, -0.1) is 0 Å². The number of alkyl halides is 3. The highest BCUT2D eigenvalue weighted by molar-refractivity contribution is 8.00. The number of halogens is 3. The van der Waals surface area contributed by atoms with Gasteiger partial charge >= 0.3 is 5.51 Å². The van der Waals surface area contributed by atoms with E-state index in [9.17, 15) is 18.0 Å². The number of amides is 1. The van der Waals surface area contributed by atoms with Crippen molar-refractivity contribution >= 4 is 23.4 Å². The van der Waals surface area contributed by atoms with Gasteiger partial charge in [0.25, 0.3) is 11.8 Å². The van der Waals surface area contributed by atoms with E-state index in [1.54, 1.807) is 25.1 Å². The number of nitrogens with zero attached hydrogens (tertiary/aromatic N) is 2. The first-order valence-corrected chi connectivity index (χ1v) is 8.20. The Kier molecular flexibility index (Phi) is 4.99. The van der Waals surface area contributed by atoms with Crippen LogP contribution in [0.2, 0.25) is 0 Å². The van der Waals surface area contributed by atoms with Crippen molar-refractivity contribution in [1.82, 2.24) is 10.1 Å². The highest BCUT2D eigenvalue weighted by atomic mass is 32.2. The third-order valence-electron chi connectivity index (χ3n) is 3.28. The van der Waals surface area contributed by atoms with E-state index >= 15 is 0 Å². The van der Waals surface area contributed by atoms with Crippen molar-refractivity contribution in [2.24, 2.45) is 0 Å². The van der Waals surface area contributed by atoms with Gasteiger partial charge < -0.3 is 9.84 Å². The lowest BCUT2D eigenvalue weighted by Gasteiger charge is -2.12. The number of thioether (sulfide) groups is 1. The van der Waals surface area contributed by atoms with Crippen molar-refractivity contribution in [2.75, 3.05) is 5.32 Å². The summed E-state index contributed by atoms with van der Waals surface area (Å²) in [5, 5.41) is 6.19. The Hall–Kier alpha value is -2.81. The molecular formula is C17H12F3N3O2S. The summed E-state index contributed by atoms with van der Waals surface area (Å²) in [6, 6.07) is 12.1. The van der Waals surface area contributed by atoms with Crippen LogP contribution in [-0.4, -0.2) is 21.6 Å². The van der Waals surface area contributed by atoms with Gasteiger partial charge in [-0.25, -0.2) is 0 Å². The molecule has 1 heterocycles. The lowest BCUT2D eigenvalue weighted by atomic mass is 10.1. The standard InChI is InChI=1S/C17H12F3N3O2S/c1-10-21-16(25-23-10)12-8-6-11(7-9-12)15(24)22-13-4-2-3-5-14(13)26-17(18,19)20/h2-9H,1H3,(H,22,24). The van der Waals surface area contributed by atoms with Gasteiger partial charge in [0.05, 0.1) is 5.69 Å². The molecule has 1 amide bonds. The topological polar surface area (TPSA) is 68.0 Å². The first-order valence-electron chi connectivity index (χ1n) is 7.39. The van der Waals surface area contributed by atoms with E-state index in [-0.39, 0.29) is 27.9 Å². The van der Waals surface area contributed by atoms with Crippen molar-refractivity contribution in [3.8, 4) is 11.5 Å². The van der Waals surface area contributed by atoms with Crippen LogP contribution in [0, 0.1) is 6.92 Å². The van der Waals surface area contributed by atoms with Gasteiger partial charge in [-0.2, -0.15) is 18.2 Å². The Balaban J connectivity index is 1.76. The Morgan fingerprint density at radius 1 is 1.12 bits per heavy atom. The zero-order valence-electron chi connectivity index (χ0n) is 13.4. The zero-order chi connectivity index (χ0) is 18.7. The highest BCUT2D eigenvalue weighted by Crippen LogP contribution is 2.40. The Morgan fingerprint density at radius 2 is 1.81 bits per heavy atom. The number of rotatable bonds is 4. The normalized spacial score (nSPS) is 11.4. The molecular weight excluding hydrogens is 367 g/mol. The molecule has 0 aliphatic heterocycles. The minimum atomic E-state index is -4.44. The van der Waals surface area contributed by atoms with Crippen LogP contribution in [-0.2, 0) is 0 Å². The molecule has 0 fully saturated rings. The van der Waals surface area contributed by atoms with E-state index in [2.05, 4.69) is 15.5 Å². The lowest BCUT2D eigenvalue weighted by molar-refractivity contribution is -0.0328. The van der Waals surface area contributed by atoms with Crippen LogP contribution in [0.3, 0.4) is 0 Å². The van der Waals surface area contributed by atoms with Crippen molar-refractivity contribution in [3.63, 3.8) is 0 Å². The molecule has 0 unspecified atom stereocenters. The second kappa shape index (κ2) is 7.20. The number of aromatic nitrogens is 2. The van der Waals surface area contributed by atoms with Crippen LogP contribution in [0.1, 0.15) is 16.2 Å². The average molecular weight is 379 g/mol. The molecule has 0 atom stereocenters. The molecule has 0 aliphatic carbocycles. The van der Waals surface area contributed by atoms with E-state index in [1.165, 1.54) is 30.3 Å². The second-order valence-electron chi connectivity index (χ2n) is 5.22. The van der Waals surface area contributed by atoms with Gasteiger partial charge in [-0.1, -0.05) is 17.3 Å². The molecule has 9 heteroatoms. The number of para-hydroxylation sites is 1. The predicted octanol–water partition coefficient (Wildman–Crippen LogP) is 4.91. The summed E-state index contributed by atoms with van der Waals surface area (Å²) >= 11 is -0.276.